The molecule has 0 fully saturated rings. The van der Waals surface area contributed by atoms with Crippen LogP contribution in [0.15, 0.2) is 42.5 Å². The molecule has 2 N–H and O–H groups in total. The van der Waals surface area contributed by atoms with Crippen molar-refractivity contribution in [1.29, 1.82) is 0 Å². The highest BCUT2D eigenvalue weighted by Gasteiger charge is 2.10. The number of anilines is 1. The molecule has 0 atom stereocenters. The summed E-state index contributed by atoms with van der Waals surface area (Å²) in [5, 5.41) is 12.7. The number of ether oxygens (including phenoxy) is 1. The lowest BCUT2D eigenvalue weighted by Crippen LogP contribution is -2.10. The number of methoxy groups -OCH3 is 1. The first-order chi connectivity index (χ1) is 10.1. The average Bonchev–Trinajstić information content (AvgIpc) is 2.49. The molecular formula is C16H16ClNO3. The summed E-state index contributed by atoms with van der Waals surface area (Å²) in [6.45, 7) is 0.599. The van der Waals surface area contributed by atoms with Crippen LogP contribution in [0.4, 0.5) is 5.69 Å². The van der Waals surface area contributed by atoms with Gasteiger partial charge in [0.25, 0.3) is 0 Å². The first-order valence-electron chi connectivity index (χ1n) is 6.50. The van der Waals surface area contributed by atoms with Crippen molar-refractivity contribution in [1.82, 2.24) is 0 Å². The minimum Gasteiger partial charge on any atom is -0.496 e. The van der Waals surface area contributed by atoms with Crippen LogP contribution in [-0.2, 0) is 6.42 Å². The summed E-state index contributed by atoms with van der Waals surface area (Å²) in [4.78, 5) is 11.2. The van der Waals surface area contributed by atoms with E-state index in [0.29, 0.717) is 17.3 Å². The van der Waals surface area contributed by atoms with E-state index in [4.69, 9.17) is 21.4 Å². The second-order valence-electron chi connectivity index (χ2n) is 4.48. The van der Waals surface area contributed by atoms with Crippen LogP contribution >= 0.6 is 11.6 Å². The van der Waals surface area contributed by atoms with Gasteiger partial charge in [0.05, 0.1) is 12.7 Å². The molecule has 110 valence electrons. The number of para-hydroxylation sites is 1. The Labute approximate surface area is 128 Å². The van der Waals surface area contributed by atoms with E-state index in [1.807, 2.05) is 24.3 Å². The van der Waals surface area contributed by atoms with E-state index in [1.165, 1.54) is 6.07 Å². The van der Waals surface area contributed by atoms with Gasteiger partial charge >= 0.3 is 5.97 Å². The zero-order valence-electron chi connectivity index (χ0n) is 11.6. The van der Waals surface area contributed by atoms with Crippen LogP contribution in [0, 0.1) is 0 Å². The average molecular weight is 306 g/mol. The van der Waals surface area contributed by atoms with Gasteiger partial charge in [-0.15, -0.1) is 0 Å². The molecule has 5 heteroatoms. The fourth-order valence-corrected chi connectivity index (χ4v) is 2.26. The van der Waals surface area contributed by atoms with Crippen LogP contribution in [-0.4, -0.2) is 24.7 Å². The van der Waals surface area contributed by atoms with Gasteiger partial charge in [-0.25, -0.2) is 4.79 Å². The SMILES string of the molecule is COc1ccccc1CCNc1ccc(Cl)cc1C(=O)O. The Balaban J connectivity index is 2.05. The maximum atomic E-state index is 11.2. The zero-order valence-corrected chi connectivity index (χ0v) is 12.4. The van der Waals surface area contributed by atoms with Gasteiger partial charge < -0.3 is 15.2 Å². The summed E-state index contributed by atoms with van der Waals surface area (Å²) in [7, 11) is 1.63. The molecule has 0 unspecified atom stereocenters. The van der Waals surface area contributed by atoms with Crippen molar-refractivity contribution in [2.45, 2.75) is 6.42 Å². The minimum atomic E-state index is -1.00. The Hall–Kier alpha value is -2.20. The van der Waals surface area contributed by atoms with Crippen LogP contribution in [0.5, 0.6) is 5.75 Å². The number of hydrogen-bond acceptors (Lipinski definition) is 3. The predicted octanol–water partition coefficient (Wildman–Crippen LogP) is 3.70. The zero-order chi connectivity index (χ0) is 15.2. The van der Waals surface area contributed by atoms with Gasteiger partial charge in [0.15, 0.2) is 0 Å². The monoisotopic (exact) mass is 305 g/mol. The normalized spacial score (nSPS) is 10.2. The number of benzene rings is 2. The quantitative estimate of drug-likeness (QED) is 0.854. The number of nitrogens with one attached hydrogen (secondary N) is 1. The third-order valence-corrected chi connectivity index (χ3v) is 3.35. The van der Waals surface area contributed by atoms with Gasteiger partial charge in [-0.05, 0) is 36.2 Å². The van der Waals surface area contributed by atoms with E-state index in [0.717, 1.165) is 17.7 Å². The molecule has 2 rings (SSSR count). The maximum absolute atomic E-state index is 11.2. The van der Waals surface area contributed by atoms with Crippen LogP contribution in [0.2, 0.25) is 5.02 Å². The summed E-state index contributed by atoms with van der Waals surface area (Å²) in [5.41, 5.74) is 1.79. The molecule has 2 aromatic carbocycles. The highest BCUT2D eigenvalue weighted by Crippen LogP contribution is 2.22. The fourth-order valence-electron chi connectivity index (χ4n) is 2.09. The molecule has 0 radical (unpaired) electrons. The smallest absolute Gasteiger partial charge is 0.337 e. The van der Waals surface area contributed by atoms with Crippen molar-refractivity contribution >= 4 is 23.3 Å². The van der Waals surface area contributed by atoms with Gasteiger partial charge in [-0.3, -0.25) is 0 Å². The Morgan fingerprint density at radius 1 is 1.29 bits per heavy atom. The largest absolute Gasteiger partial charge is 0.496 e. The maximum Gasteiger partial charge on any atom is 0.337 e. The molecule has 21 heavy (non-hydrogen) atoms. The van der Waals surface area contributed by atoms with Crippen LogP contribution in [0.25, 0.3) is 0 Å². The van der Waals surface area contributed by atoms with Gasteiger partial charge in [0.1, 0.15) is 5.75 Å². The van der Waals surface area contributed by atoms with Crippen molar-refractivity contribution < 1.29 is 14.6 Å². The molecule has 0 aliphatic rings. The summed E-state index contributed by atoms with van der Waals surface area (Å²) in [6.07, 6.45) is 0.728. The van der Waals surface area contributed by atoms with E-state index in [1.54, 1.807) is 19.2 Å². The molecule has 2 aromatic rings. The Morgan fingerprint density at radius 2 is 2.05 bits per heavy atom. The van der Waals surface area contributed by atoms with E-state index in [-0.39, 0.29) is 5.56 Å². The standard InChI is InChI=1S/C16H16ClNO3/c1-21-15-5-3-2-4-11(15)8-9-18-14-7-6-12(17)10-13(14)16(19)20/h2-7,10,18H,8-9H2,1H3,(H,19,20). The summed E-state index contributed by atoms with van der Waals surface area (Å²) < 4.78 is 5.29. The van der Waals surface area contributed by atoms with Crippen molar-refractivity contribution in [3.05, 3.63) is 58.6 Å². The number of hydrogen-bond donors (Lipinski definition) is 2. The highest BCUT2D eigenvalue weighted by molar-refractivity contribution is 6.31. The number of rotatable bonds is 6. The van der Waals surface area contributed by atoms with E-state index < -0.39 is 5.97 Å². The molecule has 0 heterocycles. The van der Waals surface area contributed by atoms with E-state index >= 15 is 0 Å². The Morgan fingerprint density at radius 3 is 2.76 bits per heavy atom. The first-order valence-corrected chi connectivity index (χ1v) is 6.88. The third-order valence-electron chi connectivity index (χ3n) is 3.11. The molecule has 0 aliphatic heterocycles. The van der Waals surface area contributed by atoms with Gasteiger partial charge in [0, 0.05) is 17.3 Å². The van der Waals surface area contributed by atoms with Crippen LogP contribution in [0.3, 0.4) is 0 Å². The molecule has 0 spiro atoms. The van der Waals surface area contributed by atoms with Crippen molar-refractivity contribution in [3.8, 4) is 5.75 Å². The van der Waals surface area contributed by atoms with E-state index in [2.05, 4.69) is 5.32 Å². The lowest BCUT2D eigenvalue weighted by Gasteiger charge is -2.11. The lowest BCUT2D eigenvalue weighted by atomic mass is 10.1. The third kappa shape index (κ3) is 3.89. The number of carboxylic acids is 1. The van der Waals surface area contributed by atoms with E-state index in [9.17, 15) is 4.79 Å². The molecule has 0 amide bonds. The van der Waals surface area contributed by atoms with Gasteiger partial charge in [0.2, 0.25) is 0 Å². The number of aromatic carboxylic acids is 1. The molecule has 0 bridgehead atoms. The fraction of sp³-hybridized carbons (Fsp3) is 0.188. The molecular weight excluding hydrogens is 290 g/mol. The predicted molar refractivity (Wildman–Crippen MR) is 83.6 cm³/mol. The lowest BCUT2D eigenvalue weighted by molar-refractivity contribution is 0.0698. The summed E-state index contributed by atoms with van der Waals surface area (Å²) in [5.74, 6) is -0.175. The Kier molecular flexibility index (Phi) is 5.06. The highest BCUT2D eigenvalue weighted by atomic mass is 35.5. The van der Waals surface area contributed by atoms with Crippen LogP contribution < -0.4 is 10.1 Å². The molecule has 0 saturated carbocycles. The Bertz CT molecular complexity index is 643. The van der Waals surface area contributed by atoms with Crippen molar-refractivity contribution in [2.75, 3.05) is 19.0 Å². The van der Waals surface area contributed by atoms with Crippen molar-refractivity contribution in [2.24, 2.45) is 0 Å². The second kappa shape index (κ2) is 6.99. The first kappa shape index (κ1) is 15.2. The van der Waals surface area contributed by atoms with Crippen molar-refractivity contribution in [3.63, 3.8) is 0 Å². The second-order valence-corrected chi connectivity index (χ2v) is 4.92. The molecule has 4 nitrogen and oxygen atoms in total. The molecule has 0 aromatic heterocycles. The topological polar surface area (TPSA) is 58.6 Å². The number of carboxylic acid groups (broad SMARTS) is 1. The van der Waals surface area contributed by atoms with Crippen LogP contribution in [0.1, 0.15) is 15.9 Å². The number of halogens is 1. The molecule has 0 saturated heterocycles. The number of carbonyl (C=O) groups is 1. The summed E-state index contributed by atoms with van der Waals surface area (Å²) >= 11 is 5.82. The molecule has 0 aliphatic carbocycles. The van der Waals surface area contributed by atoms with Gasteiger partial charge in [-0.1, -0.05) is 29.8 Å². The minimum absolute atomic E-state index is 0.169. The summed E-state index contributed by atoms with van der Waals surface area (Å²) in [6, 6.07) is 12.5. The van der Waals surface area contributed by atoms with Gasteiger partial charge in [-0.2, -0.15) is 0 Å².